The first-order valence-corrected chi connectivity index (χ1v) is 16.1. The largest absolute Gasteiger partial charge is 0.491 e. The Hall–Kier alpha value is -2.53. The molecule has 3 aliphatic rings. The number of aromatic nitrogens is 1. The highest BCUT2D eigenvalue weighted by Crippen LogP contribution is 2.38. The fourth-order valence-electron chi connectivity index (χ4n) is 5.16. The van der Waals surface area contributed by atoms with Crippen LogP contribution in [0.4, 0.5) is 5.69 Å². The molecule has 13 nitrogen and oxygen atoms in total. The monoisotopic (exact) mass is 597 g/mol. The first kappa shape index (κ1) is 29.0. The molecule has 1 aromatic heterocycles. The highest BCUT2D eigenvalue weighted by molar-refractivity contribution is 7.89. The number of hydrogen-bond donors (Lipinski definition) is 4. The Bertz CT molecular complexity index is 1410. The molecule has 2 aromatic rings. The molecule has 4 N–H and O–H groups in total. The number of hydrogen-bond acceptors (Lipinski definition) is 11. The molecule has 4 heterocycles. The smallest absolute Gasteiger partial charge is 0.244 e. The van der Waals surface area contributed by atoms with Crippen molar-refractivity contribution in [3.05, 3.63) is 36.5 Å². The molecular weight excluding hydrogens is 562 g/mol. The summed E-state index contributed by atoms with van der Waals surface area (Å²) in [5.41, 5.74) is 0.171. The van der Waals surface area contributed by atoms with E-state index >= 15 is 0 Å². The summed E-state index contributed by atoms with van der Waals surface area (Å²) in [7, 11) is -5.95. The average Bonchev–Trinajstić information content (AvgIpc) is 3.37. The van der Waals surface area contributed by atoms with Crippen LogP contribution in [0.1, 0.15) is 19.3 Å². The van der Waals surface area contributed by atoms with Gasteiger partial charge in [0.05, 0.1) is 29.0 Å². The molecule has 2 fully saturated rings. The third-order valence-electron chi connectivity index (χ3n) is 7.43. The molecule has 1 unspecified atom stereocenters. The maximum atomic E-state index is 13.3. The number of sulfonamides is 2. The number of anilines is 1. The van der Waals surface area contributed by atoms with E-state index in [0.29, 0.717) is 69.4 Å². The second-order valence-electron chi connectivity index (χ2n) is 10.2. The van der Waals surface area contributed by atoms with Crippen molar-refractivity contribution in [2.24, 2.45) is 0 Å². The lowest BCUT2D eigenvalue weighted by molar-refractivity contribution is -0.0312. The summed E-state index contributed by atoms with van der Waals surface area (Å²) in [6, 6.07) is 7.65. The Morgan fingerprint density at radius 3 is 2.80 bits per heavy atom. The fourth-order valence-corrected chi connectivity index (χ4v) is 7.34. The Kier molecular flexibility index (Phi) is 8.52. The average molecular weight is 598 g/mol. The lowest BCUT2D eigenvalue weighted by Crippen LogP contribution is -2.47. The van der Waals surface area contributed by atoms with Crippen LogP contribution in [0, 0.1) is 0 Å². The molecule has 1 aromatic carbocycles. The molecule has 0 amide bonds. The van der Waals surface area contributed by atoms with Crippen LogP contribution in [-0.4, -0.2) is 102 Å². The van der Waals surface area contributed by atoms with E-state index in [4.69, 9.17) is 14.2 Å². The fraction of sp³-hybridized carbons (Fsp3) is 0.560. The number of benzene rings is 1. The molecular formula is C25H35N5O8S2. The molecule has 0 bridgehead atoms. The van der Waals surface area contributed by atoms with Gasteiger partial charge in [-0.25, -0.2) is 26.5 Å². The van der Waals surface area contributed by atoms with Gasteiger partial charge >= 0.3 is 0 Å². The molecule has 15 heteroatoms. The number of nitrogens with zero attached hydrogens (tertiary/aromatic N) is 2. The van der Waals surface area contributed by atoms with Crippen LogP contribution < -0.4 is 24.8 Å². The van der Waals surface area contributed by atoms with Crippen molar-refractivity contribution < 1.29 is 36.2 Å². The number of fused-ring (bicyclic) bond motifs is 1. The van der Waals surface area contributed by atoms with Crippen LogP contribution >= 0.6 is 0 Å². The molecule has 0 aliphatic carbocycles. The molecule has 1 spiro atoms. The molecule has 2 saturated heterocycles. The Labute approximate surface area is 234 Å². The zero-order chi connectivity index (χ0) is 28.4. The van der Waals surface area contributed by atoms with Crippen LogP contribution in [0.5, 0.6) is 11.6 Å². The zero-order valence-electron chi connectivity index (χ0n) is 22.2. The number of rotatable bonds is 10. The van der Waals surface area contributed by atoms with E-state index in [1.165, 1.54) is 29.7 Å². The van der Waals surface area contributed by atoms with Crippen LogP contribution in [0.2, 0.25) is 0 Å². The molecule has 5 rings (SSSR count). The Balaban J connectivity index is 1.08. The topological polar surface area (TPSA) is 168 Å². The summed E-state index contributed by atoms with van der Waals surface area (Å²) < 4.78 is 71.4. The van der Waals surface area contributed by atoms with Gasteiger partial charge in [0.2, 0.25) is 25.9 Å². The van der Waals surface area contributed by atoms with Crippen molar-refractivity contribution in [2.75, 3.05) is 58.4 Å². The lowest BCUT2D eigenvalue weighted by atomic mass is 9.88. The van der Waals surface area contributed by atoms with Gasteiger partial charge in [-0.2, -0.15) is 4.31 Å². The Morgan fingerprint density at radius 2 is 2.02 bits per heavy atom. The summed E-state index contributed by atoms with van der Waals surface area (Å²) >= 11 is 0. The SMILES string of the molecule is CNS(=O)(=O)c1cccc(OCC(O)CN[C@H]2COC3(CCN(S(=O)(=O)c4cnc5c(c4)NCCO5)CC3)C2)c1. The molecule has 2 atom stereocenters. The number of aliphatic hydroxyl groups excluding tert-OH is 1. The maximum Gasteiger partial charge on any atom is 0.244 e. The normalized spacial score (nSPS) is 21.8. The number of nitrogens with one attached hydrogen (secondary N) is 3. The van der Waals surface area contributed by atoms with Crippen molar-refractivity contribution in [1.82, 2.24) is 19.3 Å². The van der Waals surface area contributed by atoms with Gasteiger partial charge in [0, 0.05) is 38.3 Å². The summed E-state index contributed by atoms with van der Waals surface area (Å²) in [6.07, 6.45) is 2.37. The van der Waals surface area contributed by atoms with Gasteiger partial charge in [-0.05, 0) is 44.5 Å². The quantitative estimate of drug-likeness (QED) is 0.294. The Morgan fingerprint density at radius 1 is 1.23 bits per heavy atom. The van der Waals surface area contributed by atoms with E-state index < -0.39 is 31.8 Å². The van der Waals surface area contributed by atoms with Gasteiger partial charge in [0.1, 0.15) is 30.0 Å². The van der Waals surface area contributed by atoms with Gasteiger partial charge in [-0.3, -0.25) is 0 Å². The van der Waals surface area contributed by atoms with Crippen molar-refractivity contribution in [3.8, 4) is 11.6 Å². The minimum absolute atomic E-state index is 0.0119. The second-order valence-corrected chi connectivity index (χ2v) is 14.0. The number of aliphatic hydroxyl groups is 1. The van der Waals surface area contributed by atoms with Crippen LogP contribution in [0.3, 0.4) is 0 Å². The maximum absolute atomic E-state index is 13.3. The molecule has 220 valence electrons. The van der Waals surface area contributed by atoms with Gasteiger partial charge < -0.3 is 30.0 Å². The predicted molar refractivity (Wildman–Crippen MR) is 145 cm³/mol. The minimum Gasteiger partial charge on any atom is -0.491 e. The van der Waals surface area contributed by atoms with Gasteiger partial charge in [-0.15, -0.1) is 0 Å². The molecule has 0 radical (unpaired) electrons. The van der Waals surface area contributed by atoms with E-state index in [-0.39, 0.29) is 29.0 Å². The third kappa shape index (κ3) is 6.35. The van der Waals surface area contributed by atoms with Gasteiger partial charge in [0.15, 0.2) is 0 Å². The predicted octanol–water partition coefficient (Wildman–Crippen LogP) is 0.136. The second kappa shape index (κ2) is 11.8. The number of piperidine rings is 1. The van der Waals surface area contributed by atoms with E-state index in [9.17, 15) is 21.9 Å². The summed E-state index contributed by atoms with van der Waals surface area (Å²) in [5.74, 6) is 0.752. The first-order chi connectivity index (χ1) is 19.1. The first-order valence-electron chi connectivity index (χ1n) is 13.2. The summed E-state index contributed by atoms with van der Waals surface area (Å²) in [4.78, 5) is 4.38. The molecule has 40 heavy (non-hydrogen) atoms. The van der Waals surface area contributed by atoms with Gasteiger partial charge in [0.25, 0.3) is 0 Å². The van der Waals surface area contributed by atoms with Crippen LogP contribution in [-0.2, 0) is 24.8 Å². The van der Waals surface area contributed by atoms with Crippen molar-refractivity contribution >= 4 is 25.7 Å². The minimum atomic E-state index is -3.70. The van der Waals surface area contributed by atoms with Crippen molar-refractivity contribution in [1.29, 1.82) is 0 Å². The molecule has 3 aliphatic heterocycles. The van der Waals surface area contributed by atoms with Crippen molar-refractivity contribution in [3.63, 3.8) is 0 Å². The van der Waals surface area contributed by atoms with Crippen LogP contribution in [0.15, 0.2) is 46.3 Å². The number of ether oxygens (including phenoxy) is 3. The molecule has 0 saturated carbocycles. The van der Waals surface area contributed by atoms with E-state index in [0.717, 1.165) is 0 Å². The van der Waals surface area contributed by atoms with E-state index in [1.807, 2.05) is 0 Å². The van der Waals surface area contributed by atoms with Crippen molar-refractivity contribution in [2.45, 2.75) is 46.8 Å². The highest BCUT2D eigenvalue weighted by atomic mass is 32.2. The summed E-state index contributed by atoms with van der Waals surface area (Å²) in [6.45, 7) is 2.48. The highest BCUT2D eigenvalue weighted by Gasteiger charge is 2.45. The third-order valence-corrected chi connectivity index (χ3v) is 10.7. The van der Waals surface area contributed by atoms with Gasteiger partial charge in [-0.1, -0.05) is 6.07 Å². The standard InChI is InChI=1S/C25H35N5O8S2/c1-26-39(32,33)21-4-2-3-20(11-21)37-17-19(31)14-28-18-13-25(38-16-18)5-8-30(9-6-25)40(34,35)22-12-23-24(29-15-22)36-10-7-27-23/h2-4,11-12,15,18-19,26-28,31H,5-10,13-14,16-17H2,1H3/t18-,19?/m1/s1. The van der Waals surface area contributed by atoms with Crippen LogP contribution in [0.25, 0.3) is 0 Å². The zero-order valence-corrected chi connectivity index (χ0v) is 23.8. The summed E-state index contributed by atoms with van der Waals surface area (Å²) in [5, 5.41) is 16.8. The van der Waals surface area contributed by atoms with E-state index in [2.05, 4.69) is 20.3 Å². The number of pyridine rings is 1. The lowest BCUT2D eigenvalue weighted by Gasteiger charge is -2.38. The van der Waals surface area contributed by atoms with E-state index in [1.54, 1.807) is 18.2 Å².